The van der Waals surface area contributed by atoms with Crippen molar-refractivity contribution in [2.24, 2.45) is 0 Å². The van der Waals surface area contributed by atoms with E-state index < -0.39 is 23.9 Å². The Morgan fingerprint density at radius 2 is 2.04 bits per heavy atom. The number of anilines is 1. The maximum Gasteiger partial charge on any atom is 0.255 e. The summed E-state index contributed by atoms with van der Waals surface area (Å²) in [6.07, 6.45) is -0.931. The van der Waals surface area contributed by atoms with Crippen molar-refractivity contribution in [2.75, 3.05) is 18.5 Å². The first-order chi connectivity index (χ1) is 12.4. The highest BCUT2D eigenvalue weighted by atomic mass is 35.5. The highest BCUT2D eigenvalue weighted by Gasteiger charge is 2.26. The number of carbonyl (C=O) groups is 2. The Bertz CT molecular complexity index is 828. The molecular formula is C18H16ClFN2O4. The Labute approximate surface area is 153 Å². The predicted octanol–water partition coefficient (Wildman–Crippen LogP) is 2.28. The molecule has 3 N–H and O–H groups in total. The second kappa shape index (κ2) is 7.82. The summed E-state index contributed by atoms with van der Waals surface area (Å²) in [6.45, 7) is 0.207. The minimum atomic E-state index is -0.931. The molecule has 8 heteroatoms. The van der Waals surface area contributed by atoms with Gasteiger partial charge in [-0.15, -0.1) is 0 Å². The summed E-state index contributed by atoms with van der Waals surface area (Å²) < 4.78 is 18.3. The van der Waals surface area contributed by atoms with Crippen LogP contribution in [0.5, 0.6) is 0 Å². The number of aliphatic hydroxyl groups is 1. The first-order valence-electron chi connectivity index (χ1n) is 7.85. The van der Waals surface area contributed by atoms with E-state index in [4.69, 9.17) is 16.3 Å². The standard InChI is InChI=1S/C18H16ClFN2O4/c19-13-7-11(3-6-14(13)20)18(25)21-12-4-1-10(2-5-12)17(24)15-8-26-9-16(23)22-15/h1-7,15,17,24H,8-9H2,(H,21,25)(H,22,23)/t15-,17-/m1/s1. The minimum absolute atomic E-state index is 0.0123. The molecule has 1 heterocycles. The quantitative estimate of drug-likeness (QED) is 0.761. The van der Waals surface area contributed by atoms with Gasteiger partial charge in [-0.05, 0) is 35.9 Å². The molecule has 2 aromatic carbocycles. The average molecular weight is 379 g/mol. The zero-order chi connectivity index (χ0) is 18.7. The molecule has 1 aliphatic rings. The topological polar surface area (TPSA) is 87.7 Å². The Morgan fingerprint density at radius 1 is 1.31 bits per heavy atom. The highest BCUT2D eigenvalue weighted by Crippen LogP contribution is 2.22. The van der Waals surface area contributed by atoms with Crippen LogP contribution in [0.15, 0.2) is 42.5 Å². The van der Waals surface area contributed by atoms with Gasteiger partial charge in [0.05, 0.1) is 17.7 Å². The number of halogens is 2. The fourth-order valence-electron chi connectivity index (χ4n) is 2.58. The lowest BCUT2D eigenvalue weighted by molar-refractivity contribution is -0.133. The van der Waals surface area contributed by atoms with Crippen molar-refractivity contribution in [3.8, 4) is 0 Å². The molecule has 0 unspecified atom stereocenters. The van der Waals surface area contributed by atoms with Gasteiger partial charge < -0.3 is 20.5 Å². The summed E-state index contributed by atoms with van der Waals surface area (Å²) >= 11 is 5.68. The second-order valence-corrected chi connectivity index (χ2v) is 6.25. The zero-order valence-electron chi connectivity index (χ0n) is 13.5. The average Bonchev–Trinajstić information content (AvgIpc) is 2.64. The van der Waals surface area contributed by atoms with Gasteiger partial charge >= 0.3 is 0 Å². The summed E-state index contributed by atoms with van der Waals surface area (Å²) in [7, 11) is 0. The maximum atomic E-state index is 13.2. The third kappa shape index (κ3) is 4.19. The SMILES string of the molecule is O=C1COC[C@H]([C@H](O)c2ccc(NC(=O)c3ccc(F)c(Cl)c3)cc2)N1. The molecule has 0 spiro atoms. The third-order valence-corrected chi connectivity index (χ3v) is 4.24. The van der Waals surface area contributed by atoms with Gasteiger partial charge in [0.25, 0.3) is 5.91 Å². The molecule has 0 aromatic heterocycles. The molecule has 2 amide bonds. The number of hydrogen-bond donors (Lipinski definition) is 3. The Morgan fingerprint density at radius 3 is 2.69 bits per heavy atom. The number of carbonyl (C=O) groups excluding carboxylic acids is 2. The first-order valence-corrected chi connectivity index (χ1v) is 8.23. The molecule has 26 heavy (non-hydrogen) atoms. The fraction of sp³-hybridized carbons (Fsp3) is 0.222. The van der Waals surface area contributed by atoms with E-state index in [1.54, 1.807) is 24.3 Å². The number of rotatable bonds is 4. The molecule has 6 nitrogen and oxygen atoms in total. The van der Waals surface area contributed by atoms with Crippen molar-refractivity contribution in [2.45, 2.75) is 12.1 Å². The fourth-order valence-corrected chi connectivity index (χ4v) is 2.76. The van der Waals surface area contributed by atoms with E-state index in [1.165, 1.54) is 12.1 Å². The van der Waals surface area contributed by atoms with Gasteiger partial charge in [-0.1, -0.05) is 23.7 Å². The Kier molecular flexibility index (Phi) is 5.51. The summed E-state index contributed by atoms with van der Waals surface area (Å²) in [6, 6.07) is 9.68. The summed E-state index contributed by atoms with van der Waals surface area (Å²) in [4.78, 5) is 23.5. The van der Waals surface area contributed by atoms with Gasteiger partial charge in [-0.25, -0.2) is 4.39 Å². The molecule has 136 valence electrons. The van der Waals surface area contributed by atoms with Crippen molar-refractivity contribution in [3.05, 3.63) is 64.4 Å². The minimum Gasteiger partial charge on any atom is -0.386 e. The van der Waals surface area contributed by atoms with Crippen LogP contribution in [0.2, 0.25) is 5.02 Å². The van der Waals surface area contributed by atoms with Crippen LogP contribution in [0.25, 0.3) is 0 Å². The van der Waals surface area contributed by atoms with E-state index in [9.17, 15) is 19.1 Å². The van der Waals surface area contributed by atoms with Crippen LogP contribution < -0.4 is 10.6 Å². The van der Waals surface area contributed by atoms with E-state index in [1.807, 2.05) is 0 Å². The Hall–Kier alpha value is -2.48. The maximum absolute atomic E-state index is 13.2. The van der Waals surface area contributed by atoms with E-state index in [0.717, 1.165) is 6.07 Å². The second-order valence-electron chi connectivity index (χ2n) is 5.84. The van der Waals surface area contributed by atoms with Crippen molar-refractivity contribution < 1.29 is 23.8 Å². The lowest BCUT2D eigenvalue weighted by atomic mass is 10.0. The lowest BCUT2D eigenvalue weighted by Crippen LogP contribution is -2.48. The zero-order valence-corrected chi connectivity index (χ0v) is 14.3. The van der Waals surface area contributed by atoms with Crippen LogP contribution in [0.4, 0.5) is 10.1 Å². The van der Waals surface area contributed by atoms with E-state index in [0.29, 0.717) is 11.3 Å². The van der Waals surface area contributed by atoms with Crippen LogP contribution >= 0.6 is 11.6 Å². The lowest BCUT2D eigenvalue weighted by Gasteiger charge is -2.28. The monoisotopic (exact) mass is 378 g/mol. The molecule has 2 atom stereocenters. The number of amides is 2. The van der Waals surface area contributed by atoms with Crippen LogP contribution in [-0.2, 0) is 9.53 Å². The molecule has 0 saturated carbocycles. The van der Waals surface area contributed by atoms with E-state index in [-0.39, 0.29) is 29.7 Å². The van der Waals surface area contributed by atoms with Crippen LogP contribution in [0.3, 0.4) is 0 Å². The van der Waals surface area contributed by atoms with Gasteiger partial charge in [0.2, 0.25) is 5.91 Å². The molecule has 1 aliphatic heterocycles. The number of ether oxygens (including phenoxy) is 1. The van der Waals surface area contributed by atoms with Crippen LogP contribution in [0, 0.1) is 5.82 Å². The molecule has 0 radical (unpaired) electrons. The van der Waals surface area contributed by atoms with E-state index >= 15 is 0 Å². The van der Waals surface area contributed by atoms with Crippen molar-refractivity contribution in [1.29, 1.82) is 0 Å². The van der Waals surface area contributed by atoms with Gasteiger partial charge in [-0.2, -0.15) is 0 Å². The van der Waals surface area contributed by atoms with Gasteiger partial charge in [-0.3, -0.25) is 9.59 Å². The summed E-state index contributed by atoms with van der Waals surface area (Å²) in [5.74, 6) is -1.31. The van der Waals surface area contributed by atoms with Gasteiger partial charge in [0.15, 0.2) is 0 Å². The molecule has 3 rings (SSSR count). The van der Waals surface area contributed by atoms with Crippen LogP contribution in [-0.4, -0.2) is 36.2 Å². The normalized spacial score (nSPS) is 18.1. The molecule has 1 fully saturated rings. The number of aliphatic hydroxyl groups excluding tert-OH is 1. The van der Waals surface area contributed by atoms with E-state index in [2.05, 4.69) is 10.6 Å². The predicted molar refractivity (Wildman–Crippen MR) is 93.5 cm³/mol. The highest BCUT2D eigenvalue weighted by molar-refractivity contribution is 6.31. The third-order valence-electron chi connectivity index (χ3n) is 3.95. The smallest absolute Gasteiger partial charge is 0.255 e. The Balaban J connectivity index is 1.66. The number of nitrogens with one attached hydrogen (secondary N) is 2. The first kappa shape index (κ1) is 18.3. The van der Waals surface area contributed by atoms with Gasteiger partial charge in [0.1, 0.15) is 18.5 Å². The summed E-state index contributed by atoms with van der Waals surface area (Å²) in [5.41, 5.74) is 1.29. The van der Waals surface area contributed by atoms with Crippen molar-refractivity contribution in [3.63, 3.8) is 0 Å². The largest absolute Gasteiger partial charge is 0.386 e. The molecular weight excluding hydrogens is 363 g/mol. The van der Waals surface area contributed by atoms with Crippen molar-refractivity contribution >= 4 is 29.1 Å². The summed E-state index contributed by atoms with van der Waals surface area (Å²) in [5, 5.41) is 15.5. The number of morpholine rings is 1. The number of hydrogen-bond acceptors (Lipinski definition) is 4. The molecule has 1 saturated heterocycles. The van der Waals surface area contributed by atoms with Crippen molar-refractivity contribution in [1.82, 2.24) is 5.32 Å². The van der Waals surface area contributed by atoms with Crippen LogP contribution in [0.1, 0.15) is 22.0 Å². The molecule has 0 bridgehead atoms. The molecule has 2 aromatic rings. The molecule has 0 aliphatic carbocycles. The number of benzene rings is 2. The van der Waals surface area contributed by atoms with Gasteiger partial charge in [0, 0.05) is 11.3 Å².